The average molecular weight is 243 g/mol. The second-order valence-electron chi connectivity index (χ2n) is 3.90. The van der Waals surface area contributed by atoms with Gasteiger partial charge < -0.3 is 9.73 Å². The fourth-order valence-corrected chi connectivity index (χ4v) is 3.47. The first kappa shape index (κ1) is 11.2. The summed E-state index contributed by atoms with van der Waals surface area (Å²) in [6, 6.07) is 3.49. The third kappa shape index (κ3) is 2.63. The van der Waals surface area contributed by atoms with E-state index in [2.05, 4.69) is 5.32 Å². The fourth-order valence-electron chi connectivity index (χ4n) is 1.73. The van der Waals surface area contributed by atoms with Gasteiger partial charge in [0, 0.05) is 0 Å². The van der Waals surface area contributed by atoms with E-state index in [1.807, 2.05) is 0 Å². The monoisotopic (exact) mass is 243 g/mol. The highest BCUT2D eigenvalue weighted by Gasteiger charge is 2.32. The minimum absolute atomic E-state index is 0.0308. The molecule has 6 heteroatoms. The predicted molar refractivity (Wildman–Crippen MR) is 57.3 cm³/mol. The molecule has 2 rings (SSSR count). The van der Waals surface area contributed by atoms with Crippen LogP contribution in [-0.4, -0.2) is 25.8 Å². The number of sulfone groups is 1. The molecule has 5 nitrogen and oxygen atoms in total. The molecule has 0 saturated carbocycles. The van der Waals surface area contributed by atoms with Crippen LogP contribution in [0.1, 0.15) is 12.2 Å². The summed E-state index contributed by atoms with van der Waals surface area (Å²) in [5.74, 6) is 0.134. The Balaban J connectivity index is 1.85. The molecule has 0 bridgehead atoms. The lowest BCUT2D eigenvalue weighted by atomic mass is 10.1. The van der Waals surface area contributed by atoms with Crippen molar-refractivity contribution in [3.05, 3.63) is 24.2 Å². The van der Waals surface area contributed by atoms with Gasteiger partial charge in [0.1, 0.15) is 5.76 Å². The van der Waals surface area contributed by atoms with Crippen molar-refractivity contribution in [3.63, 3.8) is 0 Å². The molecule has 88 valence electrons. The van der Waals surface area contributed by atoms with Gasteiger partial charge in [-0.15, -0.1) is 0 Å². The van der Waals surface area contributed by atoms with Gasteiger partial charge in [0.15, 0.2) is 9.84 Å². The minimum Gasteiger partial charge on any atom is -0.467 e. The van der Waals surface area contributed by atoms with Crippen LogP contribution in [0.25, 0.3) is 0 Å². The number of furan rings is 1. The van der Waals surface area contributed by atoms with E-state index in [4.69, 9.17) is 4.42 Å². The van der Waals surface area contributed by atoms with Crippen LogP contribution >= 0.6 is 0 Å². The first-order valence-electron chi connectivity index (χ1n) is 5.07. The molecule has 0 spiro atoms. The van der Waals surface area contributed by atoms with E-state index in [1.54, 1.807) is 12.1 Å². The summed E-state index contributed by atoms with van der Waals surface area (Å²) in [7, 11) is -3.00. The van der Waals surface area contributed by atoms with Gasteiger partial charge in [-0.1, -0.05) is 0 Å². The minimum atomic E-state index is -3.00. The Bertz CT molecular complexity index is 463. The average Bonchev–Trinajstić information content (AvgIpc) is 2.83. The molecule has 1 aliphatic heterocycles. The Morgan fingerprint density at radius 2 is 2.38 bits per heavy atom. The van der Waals surface area contributed by atoms with Crippen LogP contribution in [-0.2, 0) is 21.2 Å². The number of nitrogens with one attached hydrogen (secondary N) is 1. The maximum atomic E-state index is 11.6. The van der Waals surface area contributed by atoms with E-state index in [0.717, 1.165) is 0 Å². The highest BCUT2D eigenvalue weighted by Crippen LogP contribution is 2.18. The summed E-state index contributed by atoms with van der Waals surface area (Å²) in [6.45, 7) is 0.308. The number of hydrogen-bond donors (Lipinski definition) is 1. The van der Waals surface area contributed by atoms with Crippen molar-refractivity contribution in [1.29, 1.82) is 0 Å². The van der Waals surface area contributed by atoms with Crippen molar-refractivity contribution < 1.29 is 17.6 Å². The van der Waals surface area contributed by atoms with Gasteiger partial charge in [0.25, 0.3) is 0 Å². The molecule has 1 aromatic heterocycles. The Morgan fingerprint density at radius 3 is 2.94 bits per heavy atom. The summed E-state index contributed by atoms with van der Waals surface area (Å²) < 4.78 is 27.4. The molecule has 16 heavy (non-hydrogen) atoms. The summed E-state index contributed by atoms with van der Waals surface area (Å²) in [4.78, 5) is 11.6. The number of amides is 1. The summed E-state index contributed by atoms with van der Waals surface area (Å²) in [5, 5.41) is 2.67. The van der Waals surface area contributed by atoms with E-state index >= 15 is 0 Å². The highest BCUT2D eigenvalue weighted by atomic mass is 32.2. The fraction of sp³-hybridized carbons (Fsp3) is 0.500. The summed E-state index contributed by atoms with van der Waals surface area (Å²) in [6.07, 6.45) is 1.95. The molecule has 0 radical (unpaired) electrons. The van der Waals surface area contributed by atoms with Crippen LogP contribution < -0.4 is 5.32 Å². The Labute approximate surface area is 93.7 Å². The molecule has 1 amide bonds. The van der Waals surface area contributed by atoms with Crippen molar-refractivity contribution in [2.45, 2.75) is 13.0 Å². The van der Waals surface area contributed by atoms with Crippen LogP contribution in [0.5, 0.6) is 0 Å². The zero-order valence-electron chi connectivity index (χ0n) is 8.68. The van der Waals surface area contributed by atoms with Crippen LogP contribution in [0.4, 0.5) is 0 Å². The van der Waals surface area contributed by atoms with Crippen LogP contribution in [0.2, 0.25) is 0 Å². The quantitative estimate of drug-likeness (QED) is 0.830. The lowest BCUT2D eigenvalue weighted by Gasteiger charge is -2.07. The first-order valence-corrected chi connectivity index (χ1v) is 6.89. The van der Waals surface area contributed by atoms with Crippen molar-refractivity contribution in [3.8, 4) is 0 Å². The molecule has 1 N–H and O–H groups in total. The Morgan fingerprint density at radius 1 is 1.56 bits per heavy atom. The smallest absolute Gasteiger partial charge is 0.224 e. The third-order valence-corrected chi connectivity index (χ3v) is 4.39. The molecule has 1 aliphatic rings. The van der Waals surface area contributed by atoms with Gasteiger partial charge >= 0.3 is 0 Å². The van der Waals surface area contributed by atoms with E-state index in [-0.39, 0.29) is 17.4 Å². The number of rotatable bonds is 3. The van der Waals surface area contributed by atoms with Gasteiger partial charge in [-0.05, 0) is 18.6 Å². The molecule has 0 aromatic carbocycles. The third-order valence-electron chi connectivity index (χ3n) is 2.62. The maximum Gasteiger partial charge on any atom is 0.224 e. The molecule has 1 aromatic rings. The van der Waals surface area contributed by atoms with Gasteiger partial charge in [-0.2, -0.15) is 0 Å². The topological polar surface area (TPSA) is 76.4 Å². The molecule has 2 heterocycles. The van der Waals surface area contributed by atoms with E-state index < -0.39 is 15.8 Å². The normalized spacial score (nSPS) is 23.1. The summed E-state index contributed by atoms with van der Waals surface area (Å²) in [5.41, 5.74) is 0. The van der Waals surface area contributed by atoms with Crippen molar-refractivity contribution in [2.24, 2.45) is 5.92 Å². The molecule has 1 fully saturated rings. The SMILES string of the molecule is O=C(NCc1ccco1)C1CCS(=O)(=O)C1. The van der Waals surface area contributed by atoms with Crippen LogP contribution in [0.3, 0.4) is 0 Å². The molecular weight excluding hydrogens is 230 g/mol. The Hall–Kier alpha value is -1.30. The van der Waals surface area contributed by atoms with Crippen molar-refractivity contribution in [2.75, 3.05) is 11.5 Å². The largest absolute Gasteiger partial charge is 0.467 e. The lowest BCUT2D eigenvalue weighted by Crippen LogP contribution is -2.30. The zero-order valence-corrected chi connectivity index (χ0v) is 9.50. The second kappa shape index (κ2) is 4.29. The van der Waals surface area contributed by atoms with Crippen molar-refractivity contribution >= 4 is 15.7 Å². The molecule has 0 aliphatic carbocycles. The van der Waals surface area contributed by atoms with Crippen molar-refractivity contribution in [1.82, 2.24) is 5.32 Å². The van der Waals surface area contributed by atoms with Crippen LogP contribution in [0.15, 0.2) is 22.8 Å². The summed E-state index contributed by atoms with van der Waals surface area (Å²) >= 11 is 0. The number of hydrogen-bond acceptors (Lipinski definition) is 4. The zero-order chi connectivity index (χ0) is 11.6. The van der Waals surface area contributed by atoms with E-state index in [0.29, 0.717) is 18.7 Å². The number of carbonyl (C=O) groups is 1. The van der Waals surface area contributed by atoms with Gasteiger partial charge in [0.2, 0.25) is 5.91 Å². The van der Waals surface area contributed by atoms with Gasteiger partial charge in [-0.3, -0.25) is 4.79 Å². The Kier molecular flexibility index (Phi) is 3.00. The molecule has 1 atom stereocenters. The lowest BCUT2D eigenvalue weighted by molar-refractivity contribution is -0.124. The van der Waals surface area contributed by atoms with E-state index in [1.165, 1.54) is 6.26 Å². The van der Waals surface area contributed by atoms with E-state index in [9.17, 15) is 13.2 Å². The molecule has 1 unspecified atom stereocenters. The first-order chi connectivity index (χ1) is 7.57. The van der Waals surface area contributed by atoms with Gasteiger partial charge in [-0.25, -0.2) is 8.42 Å². The second-order valence-corrected chi connectivity index (χ2v) is 6.13. The van der Waals surface area contributed by atoms with Crippen LogP contribution in [0, 0.1) is 5.92 Å². The predicted octanol–water partition coefficient (Wildman–Crippen LogP) is 0.330. The standard InChI is InChI=1S/C10H13NO4S/c12-10(8-3-5-16(13,14)7-8)11-6-9-2-1-4-15-9/h1-2,4,8H,3,5-7H2,(H,11,12). The molecule has 1 saturated heterocycles. The molecular formula is C10H13NO4S. The van der Waals surface area contributed by atoms with Gasteiger partial charge in [0.05, 0.1) is 30.2 Å². The maximum absolute atomic E-state index is 11.6. The highest BCUT2D eigenvalue weighted by molar-refractivity contribution is 7.91. The number of carbonyl (C=O) groups excluding carboxylic acids is 1.